The summed E-state index contributed by atoms with van der Waals surface area (Å²) < 4.78 is 0. The van der Waals surface area contributed by atoms with Crippen molar-refractivity contribution in [2.75, 3.05) is 6.54 Å². The number of nitrogens with one attached hydrogen (secondary N) is 2. The summed E-state index contributed by atoms with van der Waals surface area (Å²) in [5.41, 5.74) is 4.55. The van der Waals surface area contributed by atoms with Gasteiger partial charge in [-0.1, -0.05) is 26.8 Å². The Bertz CT molecular complexity index is 546. The van der Waals surface area contributed by atoms with Crippen LogP contribution in [0.3, 0.4) is 0 Å². The first-order chi connectivity index (χ1) is 11.3. The maximum absolute atomic E-state index is 13.1. The Labute approximate surface area is 150 Å². The quantitative estimate of drug-likeness (QED) is 0.666. The molecular formula is C18H32N4O3. The molecule has 25 heavy (non-hydrogen) atoms. The molecule has 0 aliphatic carbocycles. The third kappa shape index (κ3) is 5.47. The molecule has 3 atom stereocenters. The number of carbonyl (C=O) groups is 3. The molecule has 4 N–H and O–H groups in total. The van der Waals surface area contributed by atoms with E-state index in [-0.39, 0.29) is 11.8 Å². The number of rotatable bonds is 4. The molecule has 1 rings (SSSR count). The monoisotopic (exact) mass is 352 g/mol. The zero-order chi connectivity index (χ0) is 19.6. The first-order valence-corrected chi connectivity index (χ1v) is 8.59. The standard InChI is InChI=1S/C18H32N4O3/c1-8-11-9-10-22(12(11)14(19)23)15(24)13(17(2,3)4)20-16(25)21-18(5,6)7/h8,11-13H,1,9-10H2,2-7H3,(H2,19,23)(H2,20,21,25)/t11-,12-,13+/m0/s1. The Morgan fingerprint density at radius 1 is 1.20 bits per heavy atom. The van der Waals surface area contributed by atoms with Crippen molar-refractivity contribution in [2.24, 2.45) is 17.1 Å². The van der Waals surface area contributed by atoms with Gasteiger partial charge >= 0.3 is 6.03 Å². The smallest absolute Gasteiger partial charge is 0.315 e. The van der Waals surface area contributed by atoms with Crippen LogP contribution in [0.4, 0.5) is 4.79 Å². The molecule has 1 heterocycles. The molecule has 0 aromatic heterocycles. The number of urea groups is 1. The summed E-state index contributed by atoms with van der Waals surface area (Å²) in [7, 11) is 0. The van der Waals surface area contributed by atoms with E-state index < -0.39 is 35.0 Å². The topological polar surface area (TPSA) is 105 Å². The Hall–Kier alpha value is -2.05. The Morgan fingerprint density at radius 3 is 2.16 bits per heavy atom. The van der Waals surface area contributed by atoms with Gasteiger partial charge in [0.1, 0.15) is 12.1 Å². The van der Waals surface area contributed by atoms with Gasteiger partial charge in [0.15, 0.2) is 0 Å². The van der Waals surface area contributed by atoms with Crippen molar-refractivity contribution < 1.29 is 14.4 Å². The van der Waals surface area contributed by atoms with Gasteiger partial charge < -0.3 is 21.3 Å². The van der Waals surface area contributed by atoms with Gasteiger partial charge in [0.2, 0.25) is 11.8 Å². The number of nitrogens with zero attached hydrogens (tertiary/aromatic N) is 1. The van der Waals surface area contributed by atoms with E-state index in [1.54, 1.807) is 6.08 Å². The van der Waals surface area contributed by atoms with Crippen molar-refractivity contribution in [2.45, 2.75) is 65.6 Å². The zero-order valence-corrected chi connectivity index (χ0v) is 16.2. The maximum Gasteiger partial charge on any atom is 0.315 e. The molecule has 1 saturated heterocycles. The first-order valence-electron chi connectivity index (χ1n) is 8.59. The van der Waals surface area contributed by atoms with Crippen LogP contribution >= 0.6 is 0 Å². The third-order valence-electron chi connectivity index (χ3n) is 4.20. The van der Waals surface area contributed by atoms with E-state index >= 15 is 0 Å². The van der Waals surface area contributed by atoms with Crippen molar-refractivity contribution in [1.29, 1.82) is 0 Å². The minimum absolute atomic E-state index is 0.162. The molecule has 0 saturated carbocycles. The molecule has 0 aromatic carbocycles. The van der Waals surface area contributed by atoms with Gasteiger partial charge in [-0.15, -0.1) is 6.58 Å². The summed E-state index contributed by atoms with van der Waals surface area (Å²) in [4.78, 5) is 38.7. The number of carbonyl (C=O) groups excluding carboxylic acids is 3. The van der Waals surface area contributed by atoms with Crippen molar-refractivity contribution in [1.82, 2.24) is 15.5 Å². The van der Waals surface area contributed by atoms with E-state index in [4.69, 9.17) is 5.73 Å². The van der Waals surface area contributed by atoms with Gasteiger partial charge in [-0.2, -0.15) is 0 Å². The van der Waals surface area contributed by atoms with Gasteiger partial charge in [0.25, 0.3) is 0 Å². The van der Waals surface area contributed by atoms with E-state index in [1.807, 2.05) is 41.5 Å². The molecule has 0 aromatic rings. The average molecular weight is 352 g/mol. The lowest BCUT2D eigenvalue weighted by molar-refractivity contribution is -0.141. The fraction of sp³-hybridized carbons (Fsp3) is 0.722. The van der Waals surface area contributed by atoms with E-state index in [0.29, 0.717) is 13.0 Å². The highest BCUT2D eigenvalue weighted by atomic mass is 16.2. The summed E-state index contributed by atoms with van der Waals surface area (Å²) in [6.07, 6.45) is 2.29. The molecule has 1 aliphatic heterocycles. The van der Waals surface area contributed by atoms with Crippen molar-refractivity contribution in [3.05, 3.63) is 12.7 Å². The number of likely N-dealkylation sites (tertiary alicyclic amines) is 1. The molecule has 0 unspecified atom stereocenters. The number of hydrogen-bond acceptors (Lipinski definition) is 3. The zero-order valence-electron chi connectivity index (χ0n) is 16.2. The number of hydrogen-bond donors (Lipinski definition) is 3. The van der Waals surface area contributed by atoms with Gasteiger partial charge in [0, 0.05) is 18.0 Å². The Morgan fingerprint density at radius 2 is 1.76 bits per heavy atom. The maximum atomic E-state index is 13.1. The van der Waals surface area contributed by atoms with E-state index in [2.05, 4.69) is 17.2 Å². The van der Waals surface area contributed by atoms with Crippen LogP contribution in [0, 0.1) is 11.3 Å². The number of nitrogens with two attached hydrogens (primary N) is 1. The Kier molecular flexibility index (Phi) is 6.26. The molecule has 7 nitrogen and oxygen atoms in total. The summed E-state index contributed by atoms with van der Waals surface area (Å²) in [6, 6.07) is -1.92. The summed E-state index contributed by atoms with van der Waals surface area (Å²) in [5.74, 6) is -1.02. The van der Waals surface area contributed by atoms with Gasteiger partial charge in [0.05, 0.1) is 0 Å². The summed E-state index contributed by atoms with van der Waals surface area (Å²) in [5, 5.41) is 5.56. The molecule has 7 heteroatoms. The van der Waals surface area contributed by atoms with Gasteiger partial charge in [-0.25, -0.2) is 4.79 Å². The molecule has 4 amide bonds. The molecule has 0 radical (unpaired) electrons. The van der Waals surface area contributed by atoms with Crippen LogP contribution < -0.4 is 16.4 Å². The molecule has 0 bridgehead atoms. The molecule has 1 aliphatic rings. The van der Waals surface area contributed by atoms with Gasteiger partial charge in [-0.05, 0) is 32.6 Å². The summed E-state index contributed by atoms with van der Waals surface area (Å²) >= 11 is 0. The molecule has 142 valence electrons. The van der Waals surface area contributed by atoms with Crippen LogP contribution in [0.15, 0.2) is 12.7 Å². The van der Waals surface area contributed by atoms with Crippen LogP contribution in [0.5, 0.6) is 0 Å². The van der Waals surface area contributed by atoms with Gasteiger partial charge in [-0.3, -0.25) is 9.59 Å². The highest BCUT2D eigenvalue weighted by Gasteiger charge is 2.44. The van der Waals surface area contributed by atoms with Crippen LogP contribution in [0.1, 0.15) is 48.0 Å². The van der Waals surface area contributed by atoms with Crippen molar-refractivity contribution in [3.8, 4) is 0 Å². The van der Waals surface area contributed by atoms with E-state index in [9.17, 15) is 14.4 Å². The lowest BCUT2D eigenvalue weighted by atomic mass is 9.85. The predicted molar refractivity (Wildman–Crippen MR) is 97.7 cm³/mol. The molecule has 1 fully saturated rings. The van der Waals surface area contributed by atoms with Crippen molar-refractivity contribution >= 4 is 17.8 Å². The van der Waals surface area contributed by atoms with Crippen LogP contribution in [-0.2, 0) is 9.59 Å². The third-order valence-corrected chi connectivity index (χ3v) is 4.20. The highest BCUT2D eigenvalue weighted by molar-refractivity contribution is 5.92. The average Bonchev–Trinajstić information content (AvgIpc) is 2.84. The second kappa shape index (κ2) is 7.45. The lowest BCUT2D eigenvalue weighted by Crippen LogP contribution is -2.60. The summed E-state index contributed by atoms with van der Waals surface area (Å²) in [6.45, 7) is 15.3. The van der Waals surface area contributed by atoms with Crippen LogP contribution in [0.25, 0.3) is 0 Å². The SMILES string of the molecule is C=C[C@H]1CCN(C(=O)[C@@H](NC(=O)NC(C)(C)C)C(C)(C)C)[C@@H]1C(N)=O. The van der Waals surface area contributed by atoms with Crippen LogP contribution in [-0.4, -0.2) is 46.9 Å². The van der Waals surface area contributed by atoms with E-state index in [1.165, 1.54) is 4.90 Å². The lowest BCUT2D eigenvalue weighted by Gasteiger charge is -2.36. The molecule has 0 spiro atoms. The second-order valence-corrected chi connectivity index (χ2v) is 8.71. The normalized spacial score (nSPS) is 22.2. The molecular weight excluding hydrogens is 320 g/mol. The largest absolute Gasteiger partial charge is 0.368 e. The second-order valence-electron chi connectivity index (χ2n) is 8.71. The predicted octanol–water partition coefficient (Wildman–Crippen LogP) is 1.39. The minimum Gasteiger partial charge on any atom is -0.368 e. The highest BCUT2D eigenvalue weighted by Crippen LogP contribution is 2.29. The Balaban J connectivity index is 3.03. The minimum atomic E-state index is -0.778. The fourth-order valence-corrected chi connectivity index (χ4v) is 3.00. The first kappa shape index (κ1) is 21.0. The number of primary amides is 1. The van der Waals surface area contributed by atoms with Crippen LogP contribution in [0.2, 0.25) is 0 Å². The fourth-order valence-electron chi connectivity index (χ4n) is 3.00. The number of amides is 4. The van der Waals surface area contributed by atoms with Crippen molar-refractivity contribution in [3.63, 3.8) is 0 Å². The van der Waals surface area contributed by atoms with E-state index in [0.717, 1.165) is 0 Å².